The van der Waals surface area contributed by atoms with Crippen molar-refractivity contribution >= 4 is 11.8 Å². The zero-order valence-corrected chi connectivity index (χ0v) is 16.4. The fourth-order valence-corrected chi connectivity index (χ4v) is 3.91. The smallest absolute Gasteiger partial charge is 0.407 e. The van der Waals surface area contributed by atoms with Crippen molar-refractivity contribution in [3.63, 3.8) is 0 Å². The Morgan fingerprint density at radius 1 is 0.967 bits per heavy atom. The molecule has 6 nitrogen and oxygen atoms in total. The SMILES string of the molecule is Nc1cccc(C(O)C(O)CNC(=O)OCC2c3ccccc3-c3ccccc32)c1. The first-order valence-corrected chi connectivity index (χ1v) is 9.85. The molecule has 0 saturated carbocycles. The van der Waals surface area contributed by atoms with Crippen LogP contribution in [-0.4, -0.2) is 35.6 Å². The molecule has 0 saturated heterocycles. The van der Waals surface area contributed by atoms with Crippen LogP contribution in [0, 0.1) is 0 Å². The van der Waals surface area contributed by atoms with E-state index in [4.69, 9.17) is 10.5 Å². The summed E-state index contributed by atoms with van der Waals surface area (Å²) < 4.78 is 5.43. The number of nitrogens with one attached hydrogen (secondary N) is 1. The minimum absolute atomic E-state index is 0.0362. The number of amides is 1. The van der Waals surface area contributed by atoms with Crippen LogP contribution >= 0.6 is 0 Å². The van der Waals surface area contributed by atoms with Crippen molar-refractivity contribution in [2.75, 3.05) is 18.9 Å². The van der Waals surface area contributed by atoms with Crippen LogP contribution in [0.25, 0.3) is 11.1 Å². The van der Waals surface area contributed by atoms with Crippen molar-refractivity contribution in [3.05, 3.63) is 89.5 Å². The summed E-state index contributed by atoms with van der Waals surface area (Å²) >= 11 is 0. The van der Waals surface area contributed by atoms with Gasteiger partial charge in [-0.1, -0.05) is 60.7 Å². The third-order valence-corrected chi connectivity index (χ3v) is 5.42. The molecule has 0 fully saturated rings. The van der Waals surface area contributed by atoms with Gasteiger partial charge >= 0.3 is 6.09 Å². The minimum Gasteiger partial charge on any atom is -0.449 e. The van der Waals surface area contributed by atoms with Crippen molar-refractivity contribution in [3.8, 4) is 11.1 Å². The lowest BCUT2D eigenvalue weighted by Gasteiger charge is -2.19. The number of aliphatic hydroxyl groups is 2. The molecule has 3 aromatic carbocycles. The highest BCUT2D eigenvalue weighted by Crippen LogP contribution is 2.44. The zero-order chi connectivity index (χ0) is 21.1. The number of anilines is 1. The summed E-state index contributed by atoms with van der Waals surface area (Å²) in [5.41, 5.74) is 11.2. The van der Waals surface area contributed by atoms with Gasteiger partial charge < -0.3 is 26.0 Å². The number of fused-ring (bicyclic) bond motifs is 3. The lowest BCUT2D eigenvalue weighted by atomic mass is 9.98. The quantitative estimate of drug-likeness (QED) is 0.472. The second-order valence-corrected chi connectivity index (χ2v) is 7.39. The molecule has 0 bridgehead atoms. The number of nitrogen functional groups attached to an aromatic ring is 1. The second kappa shape index (κ2) is 8.57. The van der Waals surface area contributed by atoms with E-state index in [-0.39, 0.29) is 19.1 Å². The van der Waals surface area contributed by atoms with Gasteiger partial charge in [0.2, 0.25) is 0 Å². The molecule has 2 atom stereocenters. The Morgan fingerprint density at radius 2 is 1.60 bits per heavy atom. The van der Waals surface area contributed by atoms with E-state index >= 15 is 0 Å². The molecule has 0 aliphatic heterocycles. The summed E-state index contributed by atoms with van der Waals surface area (Å²) in [6, 6.07) is 22.8. The monoisotopic (exact) mass is 404 g/mol. The van der Waals surface area contributed by atoms with Crippen LogP contribution in [0.5, 0.6) is 0 Å². The molecule has 5 N–H and O–H groups in total. The van der Waals surface area contributed by atoms with E-state index in [1.165, 1.54) is 0 Å². The minimum atomic E-state index is -1.19. The van der Waals surface area contributed by atoms with E-state index in [0.29, 0.717) is 11.3 Å². The number of alkyl carbamates (subject to hydrolysis) is 1. The Morgan fingerprint density at radius 3 is 2.23 bits per heavy atom. The van der Waals surface area contributed by atoms with E-state index in [9.17, 15) is 15.0 Å². The zero-order valence-electron chi connectivity index (χ0n) is 16.4. The Hall–Kier alpha value is -3.35. The maximum Gasteiger partial charge on any atom is 0.407 e. The van der Waals surface area contributed by atoms with Gasteiger partial charge in [0.25, 0.3) is 0 Å². The number of hydrogen-bond acceptors (Lipinski definition) is 5. The number of carbonyl (C=O) groups excluding carboxylic acids is 1. The Balaban J connectivity index is 1.34. The van der Waals surface area contributed by atoms with Gasteiger partial charge in [-0.25, -0.2) is 4.79 Å². The number of hydrogen-bond donors (Lipinski definition) is 4. The van der Waals surface area contributed by atoms with Crippen LogP contribution in [0.1, 0.15) is 28.7 Å². The highest BCUT2D eigenvalue weighted by molar-refractivity contribution is 5.79. The fourth-order valence-electron chi connectivity index (χ4n) is 3.91. The van der Waals surface area contributed by atoms with Gasteiger partial charge in [0, 0.05) is 18.2 Å². The summed E-state index contributed by atoms with van der Waals surface area (Å²) in [4.78, 5) is 12.2. The standard InChI is InChI=1S/C24H24N2O4/c25-16-7-5-6-15(12-16)23(28)22(27)13-26-24(29)30-14-21-19-10-3-1-8-17(19)18-9-2-4-11-20(18)21/h1-12,21-23,27-28H,13-14,25H2,(H,26,29). The predicted octanol–water partition coefficient (Wildman–Crippen LogP) is 3.20. The average molecular weight is 404 g/mol. The van der Waals surface area contributed by atoms with Gasteiger partial charge in [-0.05, 0) is 39.9 Å². The van der Waals surface area contributed by atoms with Crippen molar-refractivity contribution in [2.45, 2.75) is 18.1 Å². The maximum absolute atomic E-state index is 12.2. The summed E-state index contributed by atoms with van der Waals surface area (Å²) in [7, 11) is 0. The lowest BCUT2D eigenvalue weighted by Crippen LogP contribution is -2.36. The van der Waals surface area contributed by atoms with E-state index in [1.54, 1.807) is 24.3 Å². The molecule has 3 aromatic rings. The van der Waals surface area contributed by atoms with Gasteiger partial charge in [0.1, 0.15) is 18.8 Å². The van der Waals surface area contributed by atoms with Gasteiger partial charge in [0.15, 0.2) is 0 Å². The number of benzene rings is 3. The molecule has 0 heterocycles. The predicted molar refractivity (Wildman–Crippen MR) is 115 cm³/mol. The second-order valence-electron chi connectivity index (χ2n) is 7.39. The van der Waals surface area contributed by atoms with Crippen LogP contribution in [0.2, 0.25) is 0 Å². The first-order valence-electron chi connectivity index (χ1n) is 9.85. The Bertz CT molecular complexity index is 1010. The Kier molecular flexibility index (Phi) is 5.70. The Labute approximate surface area is 174 Å². The summed E-state index contributed by atoms with van der Waals surface area (Å²) in [6.45, 7) is 0.0420. The summed E-state index contributed by atoms with van der Waals surface area (Å²) in [6.07, 6.45) is -3.00. The van der Waals surface area contributed by atoms with Gasteiger partial charge in [-0.2, -0.15) is 0 Å². The maximum atomic E-state index is 12.2. The first-order chi connectivity index (χ1) is 14.5. The van der Waals surface area contributed by atoms with E-state index < -0.39 is 18.3 Å². The van der Waals surface area contributed by atoms with Gasteiger partial charge in [0.05, 0.1) is 0 Å². The number of ether oxygens (including phenoxy) is 1. The third kappa shape index (κ3) is 4.01. The molecule has 0 aromatic heterocycles. The van der Waals surface area contributed by atoms with E-state index in [0.717, 1.165) is 22.3 Å². The molecular weight excluding hydrogens is 380 g/mol. The lowest BCUT2D eigenvalue weighted by molar-refractivity contribution is 0.0186. The first kappa shape index (κ1) is 19.9. The van der Waals surface area contributed by atoms with Crippen molar-refractivity contribution in [1.29, 1.82) is 0 Å². The van der Waals surface area contributed by atoms with Crippen LogP contribution < -0.4 is 11.1 Å². The van der Waals surface area contributed by atoms with Gasteiger partial charge in [-0.15, -0.1) is 0 Å². The molecule has 2 unspecified atom stereocenters. The van der Waals surface area contributed by atoms with Crippen LogP contribution in [0.4, 0.5) is 10.5 Å². The molecule has 4 rings (SSSR count). The topological polar surface area (TPSA) is 105 Å². The molecule has 154 valence electrons. The molecule has 1 amide bonds. The summed E-state index contributed by atoms with van der Waals surface area (Å²) in [5.74, 6) is -0.0362. The van der Waals surface area contributed by atoms with Crippen molar-refractivity contribution < 1.29 is 19.7 Å². The van der Waals surface area contributed by atoms with E-state index in [1.807, 2.05) is 36.4 Å². The highest BCUT2D eigenvalue weighted by atomic mass is 16.5. The highest BCUT2D eigenvalue weighted by Gasteiger charge is 2.29. The third-order valence-electron chi connectivity index (χ3n) is 5.42. The molecule has 0 radical (unpaired) electrons. The largest absolute Gasteiger partial charge is 0.449 e. The molecule has 6 heteroatoms. The molecular formula is C24H24N2O4. The average Bonchev–Trinajstić information content (AvgIpc) is 3.09. The van der Waals surface area contributed by atoms with Gasteiger partial charge in [-0.3, -0.25) is 0 Å². The molecule has 30 heavy (non-hydrogen) atoms. The fraction of sp³-hybridized carbons (Fsp3) is 0.208. The number of aliphatic hydroxyl groups excluding tert-OH is 2. The molecule has 0 spiro atoms. The van der Waals surface area contributed by atoms with Crippen LogP contribution in [0.3, 0.4) is 0 Å². The van der Waals surface area contributed by atoms with Crippen LogP contribution in [0.15, 0.2) is 72.8 Å². The summed E-state index contributed by atoms with van der Waals surface area (Å²) in [5, 5.41) is 23.0. The normalized spacial score (nSPS) is 14.5. The van der Waals surface area contributed by atoms with Crippen molar-refractivity contribution in [1.82, 2.24) is 5.32 Å². The van der Waals surface area contributed by atoms with Crippen molar-refractivity contribution in [2.24, 2.45) is 0 Å². The molecule has 1 aliphatic carbocycles. The van der Waals surface area contributed by atoms with E-state index in [2.05, 4.69) is 17.4 Å². The van der Waals surface area contributed by atoms with Crippen LogP contribution in [-0.2, 0) is 4.74 Å². The molecule has 1 aliphatic rings. The number of carbonyl (C=O) groups is 1. The number of nitrogens with two attached hydrogens (primary N) is 1. The number of rotatable bonds is 6.